The minimum absolute atomic E-state index is 0.0447. The van der Waals surface area contributed by atoms with Crippen molar-refractivity contribution in [2.75, 3.05) is 36.4 Å². The van der Waals surface area contributed by atoms with Crippen LogP contribution in [0.25, 0.3) is 0 Å². The summed E-state index contributed by atoms with van der Waals surface area (Å²) in [5, 5.41) is 3.12. The molecule has 1 aromatic heterocycles. The van der Waals surface area contributed by atoms with Crippen LogP contribution in [0.5, 0.6) is 0 Å². The summed E-state index contributed by atoms with van der Waals surface area (Å²) >= 11 is 0. The molecule has 0 spiro atoms. The molecule has 2 N–H and O–H groups in total. The predicted molar refractivity (Wildman–Crippen MR) is 103 cm³/mol. The summed E-state index contributed by atoms with van der Waals surface area (Å²) in [5.74, 6) is 1.63. The normalized spacial score (nSPS) is 14.6. The maximum Gasteiger partial charge on any atom is 0.240 e. The second-order valence-electron chi connectivity index (χ2n) is 6.59. The summed E-state index contributed by atoms with van der Waals surface area (Å²) < 4.78 is 40.6. The van der Waals surface area contributed by atoms with Crippen LogP contribution in [0.4, 0.5) is 16.0 Å². The number of rotatable bonds is 7. The molecule has 0 amide bonds. The van der Waals surface area contributed by atoms with Crippen LogP contribution < -0.4 is 14.9 Å². The van der Waals surface area contributed by atoms with Crippen LogP contribution in [0.1, 0.15) is 24.2 Å². The van der Waals surface area contributed by atoms with Gasteiger partial charge in [0.15, 0.2) is 0 Å². The Bertz CT molecular complexity index is 914. The van der Waals surface area contributed by atoms with E-state index in [9.17, 15) is 12.8 Å². The maximum atomic E-state index is 13.4. The fourth-order valence-electron chi connectivity index (χ4n) is 3.07. The third kappa shape index (κ3) is 4.92. The number of sulfonamides is 1. The lowest BCUT2D eigenvalue weighted by Crippen LogP contribution is -2.29. The van der Waals surface area contributed by atoms with Crippen molar-refractivity contribution in [1.82, 2.24) is 14.7 Å². The zero-order chi connectivity index (χ0) is 19.4. The molecule has 7 nitrogen and oxygen atoms in total. The monoisotopic (exact) mass is 393 g/mol. The number of anilines is 2. The highest BCUT2D eigenvalue weighted by atomic mass is 32.2. The van der Waals surface area contributed by atoms with E-state index >= 15 is 0 Å². The fourth-order valence-corrected chi connectivity index (χ4v) is 4.35. The Morgan fingerprint density at radius 2 is 1.85 bits per heavy atom. The Hall–Kier alpha value is -2.26. The molecule has 0 bridgehead atoms. The number of benzene rings is 1. The van der Waals surface area contributed by atoms with Crippen molar-refractivity contribution in [2.24, 2.45) is 0 Å². The average molecular weight is 393 g/mol. The van der Waals surface area contributed by atoms with Crippen LogP contribution in [0.3, 0.4) is 0 Å². The Kier molecular flexibility index (Phi) is 5.91. The molecule has 0 radical (unpaired) electrons. The predicted octanol–water partition coefficient (Wildman–Crippen LogP) is 2.22. The molecule has 2 aromatic rings. The van der Waals surface area contributed by atoms with Gasteiger partial charge in [0.1, 0.15) is 23.3 Å². The Morgan fingerprint density at radius 1 is 1.11 bits per heavy atom. The van der Waals surface area contributed by atoms with Crippen LogP contribution in [-0.4, -0.2) is 44.6 Å². The highest BCUT2D eigenvalue weighted by molar-refractivity contribution is 7.89. The molecule has 0 unspecified atom stereocenters. The van der Waals surface area contributed by atoms with Gasteiger partial charge in [-0.15, -0.1) is 0 Å². The van der Waals surface area contributed by atoms with E-state index in [0.717, 1.165) is 37.8 Å². The Balaban J connectivity index is 1.59. The van der Waals surface area contributed by atoms with Gasteiger partial charge in [0.05, 0.1) is 4.90 Å². The number of halogens is 1. The van der Waals surface area contributed by atoms with Crippen LogP contribution in [-0.2, 0) is 10.0 Å². The molecule has 1 aliphatic rings. The van der Waals surface area contributed by atoms with Crippen molar-refractivity contribution in [2.45, 2.75) is 31.6 Å². The largest absolute Gasteiger partial charge is 0.369 e. The summed E-state index contributed by atoms with van der Waals surface area (Å²) in [4.78, 5) is 11.0. The lowest BCUT2D eigenvalue weighted by Gasteiger charge is -2.18. The zero-order valence-electron chi connectivity index (χ0n) is 15.5. The third-order valence-corrected chi connectivity index (χ3v) is 6.02. The molecule has 1 aliphatic heterocycles. The molecule has 1 aromatic carbocycles. The smallest absolute Gasteiger partial charge is 0.240 e. The first kappa shape index (κ1) is 19.5. The summed E-state index contributed by atoms with van der Waals surface area (Å²) in [6.07, 6.45) is 2.32. The Labute approximate surface area is 159 Å². The van der Waals surface area contributed by atoms with Crippen molar-refractivity contribution < 1.29 is 12.8 Å². The molecular weight excluding hydrogens is 369 g/mol. The SMILES string of the molecule is Cc1nc(NCCNS(=O)(=O)c2cc(F)ccc2C)cc(N2CCCC2)n1. The van der Waals surface area contributed by atoms with E-state index in [0.29, 0.717) is 23.8 Å². The molecule has 9 heteroatoms. The van der Waals surface area contributed by atoms with Gasteiger partial charge in [-0.25, -0.2) is 27.5 Å². The van der Waals surface area contributed by atoms with Crippen molar-refractivity contribution in [3.63, 3.8) is 0 Å². The topological polar surface area (TPSA) is 87.2 Å². The van der Waals surface area contributed by atoms with E-state index in [1.54, 1.807) is 6.92 Å². The van der Waals surface area contributed by atoms with Crippen molar-refractivity contribution >= 4 is 21.7 Å². The summed E-state index contributed by atoms with van der Waals surface area (Å²) in [7, 11) is -3.77. The first-order valence-corrected chi connectivity index (χ1v) is 10.4. The first-order valence-electron chi connectivity index (χ1n) is 8.95. The molecule has 146 valence electrons. The molecule has 0 atom stereocenters. The second kappa shape index (κ2) is 8.18. The average Bonchev–Trinajstić information content (AvgIpc) is 3.15. The second-order valence-corrected chi connectivity index (χ2v) is 8.32. The van der Waals surface area contributed by atoms with Gasteiger partial charge in [0.2, 0.25) is 10.0 Å². The van der Waals surface area contributed by atoms with E-state index in [-0.39, 0.29) is 11.4 Å². The van der Waals surface area contributed by atoms with Gasteiger partial charge in [0, 0.05) is 32.2 Å². The number of aromatic nitrogens is 2. The summed E-state index contributed by atoms with van der Waals surface area (Å²) in [6, 6.07) is 5.60. The van der Waals surface area contributed by atoms with Gasteiger partial charge < -0.3 is 10.2 Å². The van der Waals surface area contributed by atoms with Gasteiger partial charge >= 0.3 is 0 Å². The minimum atomic E-state index is -3.77. The van der Waals surface area contributed by atoms with E-state index in [1.807, 2.05) is 13.0 Å². The van der Waals surface area contributed by atoms with Crippen LogP contribution in [0, 0.1) is 19.7 Å². The summed E-state index contributed by atoms with van der Waals surface area (Å²) in [5.41, 5.74) is 0.499. The summed E-state index contributed by atoms with van der Waals surface area (Å²) in [6.45, 7) is 5.95. The van der Waals surface area contributed by atoms with Crippen molar-refractivity contribution in [3.8, 4) is 0 Å². The molecule has 0 aliphatic carbocycles. The number of hydrogen-bond acceptors (Lipinski definition) is 6. The van der Waals surface area contributed by atoms with Gasteiger partial charge in [-0.05, 0) is 44.4 Å². The standard InChI is InChI=1S/C18H24FN5O2S/c1-13-5-6-15(19)11-16(13)27(25,26)21-8-7-20-17-12-18(23-14(2)22-17)24-9-3-4-10-24/h5-6,11-12,21H,3-4,7-10H2,1-2H3,(H,20,22,23). The molecular formula is C18H24FN5O2S. The molecule has 1 fully saturated rings. The van der Waals surface area contributed by atoms with E-state index in [4.69, 9.17) is 0 Å². The van der Waals surface area contributed by atoms with Crippen LogP contribution >= 0.6 is 0 Å². The maximum absolute atomic E-state index is 13.4. The number of nitrogens with zero attached hydrogens (tertiary/aromatic N) is 3. The molecule has 0 saturated carbocycles. The van der Waals surface area contributed by atoms with Gasteiger partial charge in [-0.1, -0.05) is 6.07 Å². The number of aryl methyl sites for hydroxylation is 2. The van der Waals surface area contributed by atoms with E-state index in [2.05, 4.69) is 24.9 Å². The first-order chi connectivity index (χ1) is 12.8. The van der Waals surface area contributed by atoms with E-state index in [1.165, 1.54) is 12.1 Å². The molecule has 3 rings (SSSR count). The third-order valence-electron chi connectivity index (χ3n) is 4.42. The van der Waals surface area contributed by atoms with Crippen molar-refractivity contribution in [1.29, 1.82) is 0 Å². The lowest BCUT2D eigenvalue weighted by atomic mass is 10.2. The van der Waals surface area contributed by atoms with Gasteiger partial charge in [-0.3, -0.25) is 0 Å². The highest BCUT2D eigenvalue weighted by Crippen LogP contribution is 2.20. The minimum Gasteiger partial charge on any atom is -0.369 e. The number of nitrogens with one attached hydrogen (secondary N) is 2. The Morgan fingerprint density at radius 3 is 2.59 bits per heavy atom. The van der Waals surface area contributed by atoms with Gasteiger partial charge in [-0.2, -0.15) is 0 Å². The molecule has 1 saturated heterocycles. The quantitative estimate of drug-likeness (QED) is 0.702. The van der Waals surface area contributed by atoms with Crippen LogP contribution in [0.2, 0.25) is 0 Å². The lowest BCUT2D eigenvalue weighted by molar-refractivity contribution is 0.578. The van der Waals surface area contributed by atoms with Crippen molar-refractivity contribution in [3.05, 3.63) is 41.5 Å². The fraction of sp³-hybridized carbons (Fsp3) is 0.444. The number of hydrogen-bond donors (Lipinski definition) is 2. The van der Waals surface area contributed by atoms with Crippen LogP contribution in [0.15, 0.2) is 29.2 Å². The van der Waals surface area contributed by atoms with E-state index < -0.39 is 15.8 Å². The zero-order valence-corrected chi connectivity index (χ0v) is 16.3. The molecule has 27 heavy (non-hydrogen) atoms. The molecule has 2 heterocycles. The van der Waals surface area contributed by atoms with Gasteiger partial charge in [0.25, 0.3) is 0 Å². The highest BCUT2D eigenvalue weighted by Gasteiger charge is 2.17.